The summed E-state index contributed by atoms with van der Waals surface area (Å²) in [4.78, 5) is 8.01. The summed E-state index contributed by atoms with van der Waals surface area (Å²) in [6.45, 7) is 3.37. The van der Waals surface area contributed by atoms with Gasteiger partial charge >= 0.3 is 0 Å². The van der Waals surface area contributed by atoms with Gasteiger partial charge in [0, 0.05) is 29.7 Å². The van der Waals surface area contributed by atoms with E-state index in [0.29, 0.717) is 12.1 Å². The third-order valence-corrected chi connectivity index (χ3v) is 3.92. The second-order valence-corrected chi connectivity index (χ2v) is 5.33. The summed E-state index contributed by atoms with van der Waals surface area (Å²) in [7, 11) is 2.18. The largest absolute Gasteiger partial charge is 0.366 e. The minimum absolute atomic E-state index is 0.535. The molecule has 0 spiro atoms. The van der Waals surface area contributed by atoms with E-state index in [4.69, 9.17) is 0 Å². The van der Waals surface area contributed by atoms with Gasteiger partial charge in [-0.1, -0.05) is 0 Å². The van der Waals surface area contributed by atoms with Gasteiger partial charge in [-0.2, -0.15) is 0 Å². The highest BCUT2D eigenvalue weighted by Crippen LogP contribution is 2.20. The average Bonchev–Trinajstić information content (AvgIpc) is 2.59. The predicted octanol–water partition coefficient (Wildman–Crippen LogP) is 2.31. The summed E-state index contributed by atoms with van der Waals surface area (Å²) in [6, 6.07) is 5.38. The van der Waals surface area contributed by atoms with Crippen LogP contribution in [0.25, 0.3) is 0 Å². The van der Waals surface area contributed by atoms with E-state index in [-0.39, 0.29) is 0 Å². The molecule has 0 amide bonds. The third-order valence-electron chi connectivity index (χ3n) is 3.21. The standard InChI is InChI=1S/C12H19N3S/c1-9-6-10(8-15(9)2)14-12-5-4-11(16-3)7-13-12/h4-5,7,9-10H,6,8H2,1-3H3,(H,13,14). The number of anilines is 1. The van der Waals surface area contributed by atoms with Crippen molar-refractivity contribution < 1.29 is 0 Å². The number of aromatic nitrogens is 1. The third kappa shape index (κ3) is 2.68. The second kappa shape index (κ2) is 5.06. The molecule has 1 aliphatic rings. The normalized spacial score (nSPS) is 25.9. The van der Waals surface area contributed by atoms with Crippen molar-refractivity contribution in [2.45, 2.75) is 30.3 Å². The number of hydrogen-bond donors (Lipinski definition) is 1. The number of likely N-dealkylation sites (tertiary alicyclic amines) is 1. The highest BCUT2D eigenvalue weighted by Gasteiger charge is 2.25. The maximum absolute atomic E-state index is 4.41. The molecule has 2 heterocycles. The smallest absolute Gasteiger partial charge is 0.126 e. The Morgan fingerprint density at radius 1 is 1.50 bits per heavy atom. The number of pyridine rings is 1. The Morgan fingerprint density at radius 3 is 2.81 bits per heavy atom. The van der Waals surface area contributed by atoms with E-state index >= 15 is 0 Å². The van der Waals surface area contributed by atoms with Crippen LogP contribution in [-0.4, -0.2) is 41.8 Å². The molecular formula is C12H19N3S. The minimum Gasteiger partial charge on any atom is -0.366 e. The van der Waals surface area contributed by atoms with Gasteiger partial charge in [0.25, 0.3) is 0 Å². The lowest BCUT2D eigenvalue weighted by Gasteiger charge is -2.13. The molecule has 4 heteroatoms. The SMILES string of the molecule is CSc1ccc(NC2CC(C)N(C)C2)nc1. The van der Waals surface area contributed by atoms with Crippen LogP contribution in [0, 0.1) is 0 Å². The van der Waals surface area contributed by atoms with E-state index in [0.717, 1.165) is 12.4 Å². The van der Waals surface area contributed by atoms with Crippen LogP contribution in [0.1, 0.15) is 13.3 Å². The summed E-state index contributed by atoms with van der Waals surface area (Å²) in [5.74, 6) is 0.991. The number of nitrogens with one attached hydrogen (secondary N) is 1. The molecule has 1 aliphatic heterocycles. The Kier molecular flexibility index (Phi) is 3.71. The Morgan fingerprint density at radius 2 is 2.31 bits per heavy atom. The van der Waals surface area contributed by atoms with Crippen molar-refractivity contribution in [3.05, 3.63) is 18.3 Å². The van der Waals surface area contributed by atoms with Crippen LogP contribution < -0.4 is 5.32 Å². The number of nitrogens with zero attached hydrogens (tertiary/aromatic N) is 2. The first-order chi connectivity index (χ1) is 7.69. The van der Waals surface area contributed by atoms with Gasteiger partial charge in [-0.25, -0.2) is 4.98 Å². The fourth-order valence-corrected chi connectivity index (χ4v) is 2.46. The van der Waals surface area contributed by atoms with E-state index in [9.17, 15) is 0 Å². The van der Waals surface area contributed by atoms with Crippen LogP contribution in [-0.2, 0) is 0 Å². The van der Waals surface area contributed by atoms with Crippen LogP contribution in [0.4, 0.5) is 5.82 Å². The number of hydrogen-bond acceptors (Lipinski definition) is 4. The Balaban J connectivity index is 1.94. The predicted molar refractivity (Wildman–Crippen MR) is 70.1 cm³/mol. The minimum atomic E-state index is 0.535. The molecule has 1 fully saturated rings. The highest BCUT2D eigenvalue weighted by atomic mass is 32.2. The molecule has 0 saturated carbocycles. The molecule has 2 rings (SSSR count). The van der Waals surface area contributed by atoms with E-state index in [1.54, 1.807) is 11.8 Å². The van der Waals surface area contributed by atoms with Crippen LogP contribution >= 0.6 is 11.8 Å². The van der Waals surface area contributed by atoms with Crippen molar-refractivity contribution >= 4 is 17.6 Å². The fourth-order valence-electron chi connectivity index (χ4n) is 2.09. The quantitative estimate of drug-likeness (QED) is 0.817. The van der Waals surface area contributed by atoms with E-state index in [1.165, 1.54) is 11.3 Å². The number of likely N-dealkylation sites (N-methyl/N-ethyl adjacent to an activating group) is 1. The van der Waals surface area contributed by atoms with Crippen LogP contribution in [0.5, 0.6) is 0 Å². The molecular weight excluding hydrogens is 218 g/mol. The average molecular weight is 237 g/mol. The fraction of sp³-hybridized carbons (Fsp3) is 0.583. The van der Waals surface area contributed by atoms with Crippen molar-refractivity contribution in [3.63, 3.8) is 0 Å². The summed E-state index contributed by atoms with van der Waals surface area (Å²) >= 11 is 1.72. The van der Waals surface area contributed by atoms with Crippen molar-refractivity contribution in [1.82, 2.24) is 9.88 Å². The highest BCUT2D eigenvalue weighted by molar-refractivity contribution is 7.98. The van der Waals surface area contributed by atoms with Crippen LogP contribution in [0.3, 0.4) is 0 Å². The van der Waals surface area contributed by atoms with Crippen molar-refractivity contribution in [2.75, 3.05) is 25.2 Å². The summed E-state index contributed by atoms with van der Waals surface area (Å²) < 4.78 is 0. The van der Waals surface area contributed by atoms with Gasteiger partial charge in [-0.3, -0.25) is 0 Å². The van der Waals surface area contributed by atoms with Gasteiger partial charge in [-0.15, -0.1) is 11.8 Å². The molecule has 0 aromatic carbocycles. The Labute approximate surface area is 102 Å². The molecule has 88 valence electrons. The second-order valence-electron chi connectivity index (χ2n) is 4.45. The summed E-state index contributed by atoms with van der Waals surface area (Å²) in [5, 5.41) is 3.49. The van der Waals surface area contributed by atoms with E-state index < -0.39 is 0 Å². The topological polar surface area (TPSA) is 28.2 Å². The van der Waals surface area contributed by atoms with Gasteiger partial charge in [-0.05, 0) is 38.8 Å². The maximum atomic E-state index is 4.41. The molecule has 16 heavy (non-hydrogen) atoms. The van der Waals surface area contributed by atoms with Gasteiger partial charge < -0.3 is 10.2 Å². The van der Waals surface area contributed by atoms with Gasteiger partial charge in [0.05, 0.1) is 0 Å². The zero-order valence-corrected chi connectivity index (χ0v) is 10.9. The lowest BCUT2D eigenvalue weighted by molar-refractivity contribution is 0.330. The molecule has 1 aromatic heterocycles. The van der Waals surface area contributed by atoms with Crippen molar-refractivity contribution in [3.8, 4) is 0 Å². The van der Waals surface area contributed by atoms with Crippen LogP contribution in [0.15, 0.2) is 23.2 Å². The van der Waals surface area contributed by atoms with E-state index in [2.05, 4.69) is 47.6 Å². The zero-order valence-electron chi connectivity index (χ0n) is 10.1. The Hall–Kier alpha value is -0.740. The molecule has 3 nitrogen and oxygen atoms in total. The van der Waals surface area contributed by atoms with Gasteiger partial charge in [0.1, 0.15) is 5.82 Å². The number of thioether (sulfide) groups is 1. The zero-order chi connectivity index (χ0) is 11.5. The molecule has 2 unspecified atom stereocenters. The molecule has 0 aliphatic carbocycles. The van der Waals surface area contributed by atoms with Gasteiger partial charge in [0.2, 0.25) is 0 Å². The first-order valence-electron chi connectivity index (χ1n) is 5.66. The summed E-state index contributed by atoms with van der Waals surface area (Å²) in [6.07, 6.45) is 5.19. The van der Waals surface area contributed by atoms with Crippen LogP contribution in [0.2, 0.25) is 0 Å². The lowest BCUT2D eigenvalue weighted by Crippen LogP contribution is -2.25. The molecule has 1 N–H and O–H groups in total. The molecule has 0 radical (unpaired) electrons. The Bertz CT molecular complexity index is 329. The number of rotatable bonds is 3. The maximum Gasteiger partial charge on any atom is 0.126 e. The molecule has 1 aromatic rings. The van der Waals surface area contributed by atoms with Crippen molar-refractivity contribution in [1.29, 1.82) is 0 Å². The van der Waals surface area contributed by atoms with E-state index in [1.807, 2.05) is 6.20 Å². The molecule has 2 atom stereocenters. The summed E-state index contributed by atoms with van der Waals surface area (Å²) in [5.41, 5.74) is 0. The first-order valence-corrected chi connectivity index (χ1v) is 6.88. The monoisotopic (exact) mass is 237 g/mol. The molecule has 0 bridgehead atoms. The molecule has 1 saturated heterocycles. The first kappa shape index (κ1) is 11.7. The van der Waals surface area contributed by atoms with Gasteiger partial charge in [0.15, 0.2) is 0 Å². The lowest BCUT2D eigenvalue weighted by atomic mass is 10.2. The van der Waals surface area contributed by atoms with Crippen molar-refractivity contribution in [2.24, 2.45) is 0 Å².